The number of alkyl halides is 3. The van der Waals surface area contributed by atoms with Gasteiger partial charge in [0.2, 0.25) is 0 Å². The van der Waals surface area contributed by atoms with Gasteiger partial charge < -0.3 is 5.32 Å². The molecule has 0 aromatic heterocycles. The number of amides is 2. The molecular weight excluding hydrogens is 311 g/mol. The normalized spacial score (nSPS) is 15.8. The summed E-state index contributed by atoms with van der Waals surface area (Å²) in [5, 5.41) is 5.98. The van der Waals surface area contributed by atoms with Crippen molar-refractivity contribution < 1.29 is 22.8 Å². The molecule has 2 rings (SSSR count). The number of rotatable bonds is 3. The fourth-order valence-corrected chi connectivity index (χ4v) is 2.40. The molecule has 0 aliphatic heterocycles. The molecule has 1 aromatic carbocycles. The van der Waals surface area contributed by atoms with Gasteiger partial charge in [-0.15, -0.1) is 0 Å². The van der Waals surface area contributed by atoms with Crippen molar-refractivity contribution in [1.29, 1.82) is 0 Å². The lowest BCUT2D eigenvalue weighted by Crippen LogP contribution is -2.42. The molecule has 8 heteroatoms. The Kier molecular flexibility index (Phi) is 5.36. The van der Waals surface area contributed by atoms with Gasteiger partial charge >= 0.3 is 18.0 Å². The maximum absolute atomic E-state index is 12.8. The average molecular weight is 327 g/mol. The highest BCUT2D eigenvalue weighted by atomic mass is 19.4. The van der Waals surface area contributed by atoms with Crippen molar-refractivity contribution in [3.8, 4) is 0 Å². The standard InChI is InChI=1S/C15H16F3N3O2/c16-15(17,18)12-8-4-1-5-10(12)9-19-21-14(23)13(22)20-11-6-2-3-7-11/h1,4-5,8-9,11H,2-3,6-7H2,(H,20,22)(H,21,23)/b19-9+. The molecule has 5 nitrogen and oxygen atoms in total. The SMILES string of the molecule is O=C(N/N=C/c1ccccc1C(F)(F)F)C(=O)NC1CCCC1. The Bertz CT molecular complexity index is 608. The molecule has 0 spiro atoms. The Morgan fingerprint density at radius 1 is 1.13 bits per heavy atom. The Balaban J connectivity index is 1.93. The predicted molar refractivity (Wildman–Crippen MR) is 77.6 cm³/mol. The van der Waals surface area contributed by atoms with Gasteiger partial charge in [-0.25, -0.2) is 5.43 Å². The van der Waals surface area contributed by atoms with E-state index in [2.05, 4.69) is 10.4 Å². The van der Waals surface area contributed by atoms with Crippen molar-refractivity contribution in [2.75, 3.05) is 0 Å². The zero-order valence-corrected chi connectivity index (χ0v) is 12.2. The number of halogens is 3. The average Bonchev–Trinajstić information content (AvgIpc) is 2.99. The maximum Gasteiger partial charge on any atom is 0.417 e. The van der Waals surface area contributed by atoms with Crippen LogP contribution in [0, 0.1) is 0 Å². The summed E-state index contributed by atoms with van der Waals surface area (Å²) >= 11 is 0. The van der Waals surface area contributed by atoms with Crippen molar-refractivity contribution in [1.82, 2.24) is 10.7 Å². The second-order valence-corrected chi connectivity index (χ2v) is 5.24. The van der Waals surface area contributed by atoms with Crippen molar-refractivity contribution >= 4 is 18.0 Å². The van der Waals surface area contributed by atoms with E-state index >= 15 is 0 Å². The van der Waals surface area contributed by atoms with E-state index < -0.39 is 23.6 Å². The van der Waals surface area contributed by atoms with E-state index in [0.717, 1.165) is 38.0 Å². The summed E-state index contributed by atoms with van der Waals surface area (Å²) in [6.45, 7) is 0. The minimum Gasteiger partial charge on any atom is -0.345 e. The Morgan fingerprint density at radius 2 is 1.78 bits per heavy atom. The van der Waals surface area contributed by atoms with Crippen LogP contribution in [0.15, 0.2) is 29.4 Å². The number of nitrogens with one attached hydrogen (secondary N) is 2. The summed E-state index contributed by atoms with van der Waals surface area (Å²) in [7, 11) is 0. The summed E-state index contributed by atoms with van der Waals surface area (Å²) in [6, 6.07) is 4.79. The van der Waals surface area contributed by atoms with Gasteiger partial charge in [-0.1, -0.05) is 31.0 Å². The largest absolute Gasteiger partial charge is 0.417 e. The van der Waals surface area contributed by atoms with Crippen LogP contribution >= 0.6 is 0 Å². The molecular formula is C15H16F3N3O2. The van der Waals surface area contributed by atoms with Gasteiger partial charge in [-0.05, 0) is 18.9 Å². The first kappa shape index (κ1) is 17.0. The lowest BCUT2D eigenvalue weighted by molar-refractivity contribution is -0.139. The molecule has 2 N–H and O–H groups in total. The predicted octanol–water partition coefficient (Wildman–Crippen LogP) is 2.21. The summed E-state index contributed by atoms with van der Waals surface area (Å²) < 4.78 is 38.3. The molecule has 0 unspecified atom stereocenters. The zero-order valence-electron chi connectivity index (χ0n) is 12.2. The van der Waals surface area contributed by atoms with Crippen LogP contribution in [0.1, 0.15) is 36.8 Å². The van der Waals surface area contributed by atoms with Crippen molar-refractivity contribution in [3.63, 3.8) is 0 Å². The lowest BCUT2D eigenvalue weighted by Gasteiger charge is -2.10. The number of nitrogens with zero attached hydrogens (tertiary/aromatic N) is 1. The van der Waals surface area contributed by atoms with Crippen LogP contribution in [0.5, 0.6) is 0 Å². The molecule has 0 radical (unpaired) electrons. The monoisotopic (exact) mass is 327 g/mol. The first-order valence-electron chi connectivity index (χ1n) is 7.18. The van der Waals surface area contributed by atoms with Crippen molar-refractivity contribution in [2.24, 2.45) is 5.10 Å². The van der Waals surface area contributed by atoms with Gasteiger partial charge in [0.25, 0.3) is 0 Å². The van der Waals surface area contributed by atoms with Gasteiger partial charge in [0.1, 0.15) is 0 Å². The Labute approximate surface area is 130 Å². The molecule has 1 aliphatic carbocycles. The summed E-state index contributed by atoms with van der Waals surface area (Å²) in [6.07, 6.45) is -0.0174. The summed E-state index contributed by atoms with van der Waals surface area (Å²) in [4.78, 5) is 23.1. The summed E-state index contributed by atoms with van der Waals surface area (Å²) in [5.74, 6) is -1.84. The molecule has 124 valence electrons. The number of benzene rings is 1. The maximum atomic E-state index is 12.8. The highest BCUT2D eigenvalue weighted by Crippen LogP contribution is 2.30. The van der Waals surface area contributed by atoms with Gasteiger partial charge in [-0.2, -0.15) is 18.3 Å². The second kappa shape index (κ2) is 7.26. The molecule has 0 atom stereocenters. The van der Waals surface area contributed by atoms with Gasteiger partial charge in [-0.3, -0.25) is 9.59 Å². The Morgan fingerprint density at radius 3 is 2.43 bits per heavy atom. The number of carbonyl (C=O) groups is 2. The molecule has 1 aliphatic rings. The van der Waals surface area contributed by atoms with E-state index in [1.807, 2.05) is 5.43 Å². The first-order chi connectivity index (χ1) is 10.9. The van der Waals surface area contributed by atoms with Crippen molar-refractivity contribution in [3.05, 3.63) is 35.4 Å². The van der Waals surface area contributed by atoms with Crippen LogP contribution in [0.2, 0.25) is 0 Å². The van der Waals surface area contributed by atoms with Gasteiger partial charge in [0.05, 0.1) is 11.8 Å². The molecule has 1 fully saturated rings. The fraction of sp³-hybridized carbons (Fsp3) is 0.400. The molecule has 23 heavy (non-hydrogen) atoms. The molecule has 0 heterocycles. The van der Waals surface area contributed by atoms with E-state index in [1.165, 1.54) is 18.2 Å². The van der Waals surface area contributed by atoms with Crippen LogP contribution in [0.3, 0.4) is 0 Å². The van der Waals surface area contributed by atoms with Crippen LogP contribution in [0.25, 0.3) is 0 Å². The molecule has 0 bridgehead atoms. The molecule has 0 saturated heterocycles. The van der Waals surface area contributed by atoms with E-state index in [9.17, 15) is 22.8 Å². The van der Waals surface area contributed by atoms with E-state index in [1.54, 1.807) is 0 Å². The highest BCUT2D eigenvalue weighted by Gasteiger charge is 2.32. The second-order valence-electron chi connectivity index (χ2n) is 5.24. The van der Waals surface area contributed by atoms with E-state index in [4.69, 9.17) is 0 Å². The van der Waals surface area contributed by atoms with Crippen LogP contribution in [0.4, 0.5) is 13.2 Å². The van der Waals surface area contributed by atoms with Gasteiger partial charge in [0.15, 0.2) is 0 Å². The number of hydrogen-bond donors (Lipinski definition) is 2. The Hall–Kier alpha value is -2.38. The highest BCUT2D eigenvalue weighted by molar-refractivity contribution is 6.35. The van der Waals surface area contributed by atoms with Crippen molar-refractivity contribution in [2.45, 2.75) is 37.9 Å². The number of carbonyl (C=O) groups excluding carboxylic acids is 2. The van der Waals surface area contributed by atoms with E-state index in [0.29, 0.717) is 0 Å². The number of hydrogen-bond acceptors (Lipinski definition) is 3. The third-order valence-electron chi connectivity index (χ3n) is 3.53. The third-order valence-corrected chi connectivity index (χ3v) is 3.53. The minimum absolute atomic E-state index is 0.0248. The van der Waals surface area contributed by atoms with Crippen LogP contribution in [-0.4, -0.2) is 24.1 Å². The minimum atomic E-state index is -4.52. The van der Waals surface area contributed by atoms with E-state index in [-0.39, 0.29) is 11.6 Å². The molecule has 1 saturated carbocycles. The number of hydrazone groups is 1. The van der Waals surface area contributed by atoms with Crippen LogP contribution in [-0.2, 0) is 15.8 Å². The third kappa shape index (κ3) is 4.80. The topological polar surface area (TPSA) is 70.6 Å². The summed E-state index contributed by atoms with van der Waals surface area (Å²) in [5.41, 5.74) is 0.870. The molecule has 2 amide bonds. The van der Waals surface area contributed by atoms with Crippen LogP contribution < -0.4 is 10.7 Å². The quantitative estimate of drug-likeness (QED) is 0.508. The smallest absolute Gasteiger partial charge is 0.345 e. The zero-order chi connectivity index (χ0) is 16.9. The first-order valence-corrected chi connectivity index (χ1v) is 7.18. The van der Waals surface area contributed by atoms with Gasteiger partial charge in [0, 0.05) is 11.6 Å². The lowest BCUT2D eigenvalue weighted by atomic mass is 10.1. The fourth-order valence-electron chi connectivity index (χ4n) is 2.40. The molecule has 1 aromatic rings.